The molecule has 12 heavy (non-hydrogen) atoms. The van der Waals surface area contributed by atoms with Crippen molar-refractivity contribution >= 4 is 18.0 Å². The summed E-state index contributed by atoms with van der Waals surface area (Å²) in [5.74, 6) is -0.921. The Kier molecular flexibility index (Phi) is 1.56. The number of nitrogens with one attached hydrogen (secondary N) is 1. The largest absolute Gasteiger partial charge is 0.477 e. The second-order valence-corrected chi connectivity index (χ2v) is 2.92. The predicted octanol–water partition coefficient (Wildman–Crippen LogP) is -0.716. The Bertz CT molecular complexity index is 272. The fraction of sp³-hybridized carbons (Fsp3) is 0.571. The molecule has 0 saturated heterocycles. The van der Waals surface area contributed by atoms with Crippen molar-refractivity contribution in [3.8, 4) is 0 Å². The maximum atomic E-state index is 10.5. The monoisotopic (exact) mass is 167 g/mol. The van der Waals surface area contributed by atoms with Gasteiger partial charge in [-0.25, -0.2) is 4.79 Å². The van der Waals surface area contributed by atoms with Gasteiger partial charge in [-0.15, -0.1) is 0 Å². The van der Waals surface area contributed by atoms with E-state index in [0.717, 1.165) is 0 Å². The molecule has 0 bridgehead atoms. The minimum atomic E-state index is -0.921. The molecule has 2 aliphatic rings. The molecule has 2 N–H and O–H groups in total. The van der Waals surface area contributed by atoms with Crippen LogP contribution in [0.3, 0.4) is 0 Å². The van der Waals surface area contributed by atoms with Crippen LogP contribution >= 0.6 is 0 Å². The van der Waals surface area contributed by atoms with Crippen LogP contribution in [0.5, 0.6) is 0 Å². The summed E-state index contributed by atoms with van der Waals surface area (Å²) in [6.07, 6.45) is 2.08. The molecule has 2 unspecified atom stereocenters. The molecule has 2 atom stereocenters. The van der Waals surface area contributed by atoms with Crippen molar-refractivity contribution in [1.29, 1.82) is 0 Å². The molecule has 0 aromatic rings. The van der Waals surface area contributed by atoms with E-state index in [4.69, 9.17) is 5.11 Å². The van der Waals surface area contributed by atoms with E-state index in [1.54, 1.807) is 6.34 Å². The first-order valence-corrected chi connectivity index (χ1v) is 3.81. The number of carboxylic acids is 1. The van der Waals surface area contributed by atoms with Gasteiger partial charge in [0.15, 0.2) is 0 Å². The summed E-state index contributed by atoms with van der Waals surface area (Å²) in [6.45, 7) is 0.520. The number of hydrogen-bond acceptors (Lipinski definition) is 4. The van der Waals surface area contributed by atoms with Crippen LogP contribution in [-0.2, 0) is 4.79 Å². The molecule has 0 amide bonds. The Morgan fingerprint density at radius 3 is 3.33 bits per heavy atom. The van der Waals surface area contributed by atoms with Gasteiger partial charge >= 0.3 is 5.97 Å². The van der Waals surface area contributed by atoms with Crippen LogP contribution in [0.4, 0.5) is 0 Å². The number of aliphatic carboxylic acids is 1. The van der Waals surface area contributed by atoms with Crippen LogP contribution in [0.15, 0.2) is 9.98 Å². The van der Waals surface area contributed by atoms with Crippen LogP contribution in [0.1, 0.15) is 6.42 Å². The van der Waals surface area contributed by atoms with Crippen LogP contribution in [0, 0.1) is 0 Å². The van der Waals surface area contributed by atoms with Gasteiger partial charge in [0.25, 0.3) is 0 Å². The molecule has 2 rings (SSSR count). The molecule has 64 valence electrons. The number of hydrogen-bond donors (Lipinski definition) is 2. The van der Waals surface area contributed by atoms with E-state index >= 15 is 0 Å². The second kappa shape index (κ2) is 2.58. The lowest BCUT2D eigenvalue weighted by Crippen LogP contribution is -2.40. The highest BCUT2D eigenvalue weighted by molar-refractivity contribution is 6.36. The third-order valence-electron chi connectivity index (χ3n) is 2.15. The molecule has 0 spiro atoms. The average molecular weight is 167 g/mol. The lowest BCUT2D eigenvalue weighted by atomic mass is 10.0. The maximum absolute atomic E-state index is 10.5. The van der Waals surface area contributed by atoms with Gasteiger partial charge in [-0.2, -0.15) is 0 Å². The fourth-order valence-corrected chi connectivity index (χ4v) is 1.44. The minimum Gasteiger partial charge on any atom is -0.477 e. The second-order valence-electron chi connectivity index (χ2n) is 2.92. The SMILES string of the molecule is O=C(O)C1=NCC2NC=NC2C1. The number of nitrogens with zero attached hydrogens (tertiary/aromatic N) is 2. The highest BCUT2D eigenvalue weighted by atomic mass is 16.4. The fourth-order valence-electron chi connectivity index (χ4n) is 1.44. The molecule has 0 saturated carbocycles. The zero-order valence-corrected chi connectivity index (χ0v) is 6.40. The van der Waals surface area contributed by atoms with E-state index in [1.807, 2.05) is 0 Å². The van der Waals surface area contributed by atoms with Crippen molar-refractivity contribution in [2.75, 3.05) is 6.54 Å². The van der Waals surface area contributed by atoms with Gasteiger partial charge in [0.05, 0.1) is 25.0 Å². The van der Waals surface area contributed by atoms with Crippen LogP contribution in [-0.4, -0.2) is 41.8 Å². The van der Waals surface area contributed by atoms with Gasteiger partial charge in [0, 0.05) is 6.42 Å². The van der Waals surface area contributed by atoms with E-state index in [0.29, 0.717) is 13.0 Å². The average Bonchev–Trinajstić information content (AvgIpc) is 2.49. The van der Waals surface area contributed by atoms with Crippen molar-refractivity contribution in [3.63, 3.8) is 0 Å². The Morgan fingerprint density at radius 1 is 1.75 bits per heavy atom. The Labute approximate surface area is 69.2 Å². The first kappa shape index (κ1) is 7.27. The molecule has 2 heterocycles. The van der Waals surface area contributed by atoms with E-state index in [-0.39, 0.29) is 17.8 Å². The minimum absolute atomic E-state index is 0.0774. The molecular weight excluding hydrogens is 158 g/mol. The number of aliphatic imine (C=N–C) groups is 2. The summed E-state index contributed by atoms with van der Waals surface area (Å²) < 4.78 is 0. The molecule has 0 aromatic carbocycles. The van der Waals surface area contributed by atoms with Crippen molar-refractivity contribution < 1.29 is 9.90 Å². The Morgan fingerprint density at radius 2 is 2.58 bits per heavy atom. The number of rotatable bonds is 1. The van der Waals surface area contributed by atoms with Crippen molar-refractivity contribution in [3.05, 3.63) is 0 Å². The summed E-state index contributed by atoms with van der Waals surface area (Å²) >= 11 is 0. The van der Waals surface area contributed by atoms with Gasteiger partial charge < -0.3 is 10.4 Å². The summed E-state index contributed by atoms with van der Waals surface area (Å²) in [7, 11) is 0. The van der Waals surface area contributed by atoms with Crippen LogP contribution in [0.2, 0.25) is 0 Å². The van der Waals surface area contributed by atoms with Crippen molar-refractivity contribution in [1.82, 2.24) is 5.32 Å². The molecule has 2 aliphatic heterocycles. The first-order chi connectivity index (χ1) is 5.77. The quantitative estimate of drug-likeness (QED) is 0.541. The highest BCUT2D eigenvalue weighted by Gasteiger charge is 2.30. The van der Waals surface area contributed by atoms with Gasteiger partial charge in [0.2, 0.25) is 0 Å². The van der Waals surface area contributed by atoms with Crippen molar-refractivity contribution in [2.24, 2.45) is 9.98 Å². The lowest BCUT2D eigenvalue weighted by Gasteiger charge is -2.20. The predicted molar refractivity (Wildman–Crippen MR) is 43.8 cm³/mol. The normalized spacial score (nSPS) is 32.2. The third-order valence-corrected chi connectivity index (χ3v) is 2.15. The van der Waals surface area contributed by atoms with Gasteiger partial charge in [-0.05, 0) is 0 Å². The lowest BCUT2D eigenvalue weighted by molar-refractivity contribution is -0.129. The highest BCUT2D eigenvalue weighted by Crippen LogP contribution is 2.15. The summed E-state index contributed by atoms with van der Waals surface area (Å²) in [5, 5.41) is 11.7. The van der Waals surface area contributed by atoms with Crippen LogP contribution in [0.25, 0.3) is 0 Å². The molecule has 5 nitrogen and oxygen atoms in total. The molecule has 0 aromatic heterocycles. The zero-order chi connectivity index (χ0) is 8.55. The standard InChI is InChI=1S/C7H9N3O2/c11-7(12)5-1-4-6(2-8-5)10-3-9-4/h3-4,6H,1-2H2,(H,9,10)(H,11,12). The van der Waals surface area contributed by atoms with E-state index in [2.05, 4.69) is 15.3 Å². The maximum Gasteiger partial charge on any atom is 0.349 e. The number of carbonyl (C=O) groups is 1. The van der Waals surface area contributed by atoms with Gasteiger partial charge in [-0.1, -0.05) is 0 Å². The number of fused-ring (bicyclic) bond motifs is 1. The smallest absolute Gasteiger partial charge is 0.349 e. The molecular formula is C7H9N3O2. The molecule has 5 heteroatoms. The summed E-state index contributed by atoms with van der Waals surface area (Å²) in [4.78, 5) is 18.6. The topological polar surface area (TPSA) is 74.0 Å². The van der Waals surface area contributed by atoms with E-state index in [9.17, 15) is 4.79 Å². The first-order valence-electron chi connectivity index (χ1n) is 3.81. The molecule has 0 aliphatic carbocycles. The summed E-state index contributed by atoms with van der Waals surface area (Å²) in [6, 6.07) is 0.293. The van der Waals surface area contributed by atoms with Gasteiger partial charge in [0.1, 0.15) is 5.71 Å². The van der Waals surface area contributed by atoms with E-state index < -0.39 is 5.97 Å². The Balaban J connectivity index is 2.13. The Hall–Kier alpha value is -1.39. The molecule has 0 radical (unpaired) electrons. The van der Waals surface area contributed by atoms with Gasteiger partial charge in [-0.3, -0.25) is 9.98 Å². The van der Waals surface area contributed by atoms with E-state index in [1.165, 1.54) is 0 Å². The zero-order valence-electron chi connectivity index (χ0n) is 6.40. The van der Waals surface area contributed by atoms with Crippen LogP contribution < -0.4 is 5.32 Å². The summed E-state index contributed by atoms with van der Waals surface area (Å²) in [5.41, 5.74) is 0.247. The van der Waals surface area contributed by atoms with Crippen molar-refractivity contribution in [2.45, 2.75) is 18.5 Å². The molecule has 0 fully saturated rings. The third kappa shape index (κ3) is 1.07. The number of carboxylic acid groups (broad SMARTS) is 1.